The fourth-order valence-electron chi connectivity index (χ4n) is 4.09. The fraction of sp³-hybridized carbons (Fsp3) is 0.600. The van der Waals surface area contributed by atoms with Crippen molar-refractivity contribution in [2.45, 2.75) is 45.6 Å². The number of sulfonamides is 1. The van der Waals surface area contributed by atoms with Crippen LogP contribution in [0.15, 0.2) is 18.2 Å². The predicted octanol–water partition coefficient (Wildman–Crippen LogP) is 2.11. The summed E-state index contributed by atoms with van der Waals surface area (Å²) in [5, 5.41) is 2.98. The van der Waals surface area contributed by atoms with Crippen molar-refractivity contribution in [2.24, 2.45) is 11.8 Å². The molecule has 1 aromatic rings. The molecule has 1 fully saturated rings. The number of fused-ring (bicyclic) bond motifs is 1. The van der Waals surface area contributed by atoms with E-state index in [1.165, 1.54) is 16.8 Å². The Labute approximate surface area is 166 Å². The highest BCUT2D eigenvalue weighted by atomic mass is 32.2. The molecule has 1 aliphatic heterocycles. The van der Waals surface area contributed by atoms with Gasteiger partial charge < -0.3 is 10.1 Å². The summed E-state index contributed by atoms with van der Waals surface area (Å²) in [7, 11) is -3.33. The van der Waals surface area contributed by atoms with Gasteiger partial charge in [0.1, 0.15) is 0 Å². The van der Waals surface area contributed by atoms with Gasteiger partial charge in [-0.15, -0.1) is 0 Å². The molecule has 1 N–H and O–H groups in total. The van der Waals surface area contributed by atoms with Crippen LogP contribution in [0.2, 0.25) is 0 Å². The predicted molar refractivity (Wildman–Crippen MR) is 107 cm³/mol. The minimum Gasteiger partial charge on any atom is -0.452 e. The molecule has 0 bridgehead atoms. The quantitative estimate of drug-likeness (QED) is 0.753. The Morgan fingerprint density at radius 1 is 1.25 bits per heavy atom. The second-order valence-electron chi connectivity index (χ2n) is 7.95. The molecular weight excluding hydrogens is 380 g/mol. The largest absolute Gasteiger partial charge is 0.452 e. The van der Waals surface area contributed by atoms with E-state index in [9.17, 15) is 18.0 Å². The highest BCUT2D eigenvalue weighted by Gasteiger charge is 2.29. The summed E-state index contributed by atoms with van der Waals surface area (Å²) in [6.07, 6.45) is 4.93. The van der Waals surface area contributed by atoms with E-state index in [1.54, 1.807) is 12.1 Å². The van der Waals surface area contributed by atoms with E-state index in [0.717, 1.165) is 24.7 Å². The van der Waals surface area contributed by atoms with Crippen LogP contribution in [-0.2, 0) is 26.0 Å². The fourth-order valence-corrected chi connectivity index (χ4v) is 5.05. The highest BCUT2D eigenvalue weighted by Crippen LogP contribution is 2.31. The van der Waals surface area contributed by atoms with Gasteiger partial charge in [0.2, 0.25) is 10.0 Å². The molecular formula is C20H28N2O5S. The van der Waals surface area contributed by atoms with Crippen molar-refractivity contribution in [1.82, 2.24) is 5.32 Å². The molecule has 1 saturated carbocycles. The molecule has 2 aliphatic rings. The second kappa shape index (κ2) is 8.11. The van der Waals surface area contributed by atoms with Crippen LogP contribution in [0.4, 0.5) is 5.69 Å². The van der Waals surface area contributed by atoms with E-state index in [-0.39, 0.29) is 18.6 Å². The van der Waals surface area contributed by atoms with E-state index in [2.05, 4.69) is 19.2 Å². The summed E-state index contributed by atoms with van der Waals surface area (Å²) in [5.74, 6) is 0.104. The van der Waals surface area contributed by atoms with Crippen LogP contribution in [0.5, 0.6) is 0 Å². The van der Waals surface area contributed by atoms with Gasteiger partial charge in [0, 0.05) is 12.6 Å². The maximum Gasteiger partial charge on any atom is 0.338 e. The summed E-state index contributed by atoms with van der Waals surface area (Å²) in [6, 6.07) is 4.92. The number of hydrogen-bond acceptors (Lipinski definition) is 5. The standard InChI is InChI=1S/C20H28N2O5S/c1-13-5-4-6-17(14(13)2)21-19(23)12-27-20(24)16-7-8-18-15(11-16)9-10-22(18)28(3,25)26/h7-8,11,13-14,17H,4-6,9-10,12H2,1-3H3,(H,21,23)/t13-,14+,17+/m0/s1. The topological polar surface area (TPSA) is 92.8 Å². The number of ether oxygens (including phenoxy) is 1. The Morgan fingerprint density at radius 2 is 2.00 bits per heavy atom. The number of nitrogens with one attached hydrogen (secondary N) is 1. The van der Waals surface area contributed by atoms with Crippen LogP contribution in [0.25, 0.3) is 0 Å². The van der Waals surface area contributed by atoms with Gasteiger partial charge in [-0.2, -0.15) is 0 Å². The van der Waals surface area contributed by atoms with Crippen LogP contribution in [0, 0.1) is 11.8 Å². The van der Waals surface area contributed by atoms with Gasteiger partial charge in [0.15, 0.2) is 6.61 Å². The Bertz CT molecular complexity index is 867. The Kier molecular flexibility index (Phi) is 5.98. The lowest BCUT2D eigenvalue weighted by Gasteiger charge is -2.34. The van der Waals surface area contributed by atoms with Gasteiger partial charge >= 0.3 is 5.97 Å². The second-order valence-corrected chi connectivity index (χ2v) is 9.85. The van der Waals surface area contributed by atoms with Crippen molar-refractivity contribution in [3.63, 3.8) is 0 Å². The Hall–Kier alpha value is -2.09. The molecule has 1 aliphatic carbocycles. The maximum absolute atomic E-state index is 12.3. The lowest BCUT2D eigenvalue weighted by molar-refractivity contribution is -0.125. The molecule has 1 heterocycles. The third-order valence-corrected chi connectivity index (χ3v) is 7.14. The van der Waals surface area contributed by atoms with Gasteiger partial charge in [0.25, 0.3) is 5.91 Å². The van der Waals surface area contributed by atoms with Crippen LogP contribution < -0.4 is 9.62 Å². The van der Waals surface area contributed by atoms with Crippen molar-refractivity contribution in [1.29, 1.82) is 0 Å². The minimum absolute atomic E-state index is 0.122. The smallest absolute Gasteiger partial charge is 0.338 e. The number of rotatable bonds is 5. The van der Waals surface area contributed by atoms with E-state index in [4.69, 9.17) is 4.74 Å². The summed E-state index contributed by atoms with van der Waals surface area (Å²) in [6.45, 7) is 4.39. The van der Waals surface area contributed by atoms with Crippen molar-refractivity contribution < 1.29 is 22.7 Å². The molecule has 3 atom stereocenters. The molecule has 0 spiro atoms. The first kappa shape index (κ1) is 20.6. The van der Waals surface area contributed by atoms with Crippen LogP contribution >= 0.6 is 0 Å². The van der Waals surface area contributed by atoms with Gasteiger partial charge in [0.05, 0.1) is 17.5 Å². The first-order valence-electron chi connectivity index (χ1n) is 9.74. The average molecular weight is 409 g/mol. The number of hydrogen-bond donors (Lipinski definition) is 1. The van der Waals surface area contributed by atoms with Crippen molar-refractivity contribution in [3.8, 4) is 0 Å². The summed E-state index contributed by atoms with van der Waals surface area (Å²) in [4.78, 5) is 24.5. The zero-order valence-corrected chi connectivity index (χ0v) is 17.4. The molecule has 8 heteroatoms. The molecule has 0 aromatic heterocycles. The molecule has 0 saturated heterocycles. The van der Waals surface area contributed by atoms with Crippen LogP contribution in [0.3, 0.4) is 0 Å². The SMILES string of the molecule is C[C@@H]1[C@@H](C)CCC[C@H]1NC(=O)COC(=O)c1ccc2c(c1)CCN2S(C)(=O)=O. The third-order valence-electron chi connectivity index (χ3n) is 5.96. The van der Waals surface area contributed by atoms with Gasteiger partial charge in [-0.05, 0) is 48.4 Å². The van der Waals surface area contributed by atoms with Gasteiger partial charge in [-0.25, -0.2) is 13.2 Å². The number of anilines is 1. The molecule has 0 radical (unpaired) electrons. The lowest BCUT2D eigenvalue weighted by atomic mass is 9.78. The summed E-state index contributed by atoms with van der Waals surface area (Å²) >= 11 is 0. The van der Waals surface area contributed by atoms with Crippen molar-refractivity contribution >= 4 is 27.6 Å². The number of amides is 1. The number of esters is 1. The normalized spacial score (nSPS) is 24.5. The number of carbonyl (C=O) groups is 2. The monoisotopic (exact) mass is 408 g/mol. The zero-order chi connectivity index (χ0) is 20.5. The third kappa shape index (κ3) is 4.48. The number of benzene rings is 1. The minimum atomic E-state index is -3.33. The Morgan fingerprint density at radius 3 is 2.71 bits per heavy atom. The molecule has 1 amide bonds. The van der Waals surface area contributed by atoms with E-state index in [0.29, 0.717) is 36.1 Å². The first-order chi connectivity index (χ1) is 13.2. The Balaban J connectivity index is 1.56. The molecule has 0 unspecified atom stereocenters. The lowest BCUT2D eigenvalue weighted by Crippen LogP contribution is -2.45. The summed E-state index contributed by atoms with van der Waals surface area (Å²) in [5.41, 5.74) is 1.70. The molecule has 3 rings (SSSR count). The summed E-state index contributed by atoms with van der Waals surface area (Å²) < 4.78 is 30.1. The van der Waals surface area contributed by atoms with Gasteiger partial charge in [-0.3, -0.25) is 9.10 Å². The van der Waals surface area contributed by atoms with E-state index in [1.807, 2.05) is 0 Å². The highest BCUT2D eigenvalue weighted by molar-refractivity contribution is 7.92. The maximum atomic E-state index is 12.3. The van der Waals surface area contributed by atoms with Crippen LogP contribution in [0.1, 0.15) is 49.0 Å². The van der Waals surface area contributed by atoms with Crippen molar-refractivity contribution in [2.75, 3.05) is 23.7 Å². The van der Waals surface area contributed by atoms with Crippen LogP contribution in [-0.4, -0.2) is 45.7 Å². The molecule has 7 nitrogen and oxygen atoms in total. The number of carbonyl (C=O) groups excluding carboxylic acids is 2. The molecule has 154 valence electrons. The first-order valence-corrected chi connectivity index (χ1v) is 11.6. The molecule has 28 heavy (non-hydrogen) atoms. The number of nitrogens with zero attached hydrogens (tertiary/aromatic N) is 1. The average Bonchev–Trinajstić information content (AvgIpc) is 3.07. The van der Waals surface area contributed by atoms with Crippen molar-refractivity contribution in [3.05, 3.63) is 29.3 Å². The van der Waals surface area contributed by atoms with Gasteiger partial charge in [-0.1, -0.05) is 26.7 Å². The zero-order valence-electron chi connectivity index (χ0n) is 16.6. The van der Waals surface area contributed by atoms with E-state index < -0.39 is 16.0 Å². The van der Waals surface area contributed by atoms with E-state index >= 15 is 0 Å². The molecule has 1 aromatic carbocycles.